The van der Waals surface area contributed by atoms with Crippen LogP contribution in [-0.4, -0.2) is 35.3 Å². The summed E-state index contributed by atoms with van der Waals surface area (Å²) in [5, 5.41) is 12.8. The van der Waals surface area contributed by atoms with Crippen molar-refractivity contribution < 1.29 is 24.0 Å². The highest BCUT2D eigenvalue weighted by molar-refractivity contribution is 6.01. The zero-order valence-electron chi connectivity index (χ0n) is 12.1. The molecule has 0 aliphatic carbocycles. The van der Waals surface area contributed by atoms with E-state index in [0.717, 1.165) is 16.8 Å². The monoisotopic (exact) mass is 302 g/mol. The number of anilines is 1. The Kier molecular flexibility index (Phi) is 3.32. The molecule has 114 valence electrons. The average molecular weight is 302 g/mol. The number of amides is 1. The van der Waals surface area contributed by atoms with Gasteiger partial charge in [-0.3, -0.25) is 14.5 Å². The quantitative estimate of drug-likeness (QED) is 0.928. The molecule has 7 heteroatoms. The van der Waals surface area contributed by atoms with Gasteiger partial charge in [-0.05, 0) is 31.5 Å². The summed E-state index contributed by atoms with van der Waals surface area (Å²) >= 11 is 0. The summed E-state index contributed by atoms with van der Waals surface area (Å²) in [7, 11) is 0. The van der Waals surface area contributed by atoms with Crippen LogP contribution < -0.4 is 9.64 Å². The van der Waals surface area contributed by atoms with Crippen molar-refractivity contribution in [2.45, 2.75) is 13.8 Å². The minimum atomic E-state index is -1.07. The SMILES string of the molecule is Cc1noc(C)c1-c1ccc2c(c1)OCC(=O)N2CC(=O)O. The highest BCUT2D eigenvalue weighted by Crippen LogP contribution is 2.37. The van der Waals surface area contributed by atoms with E-state index in [1.54, 1.807) is 18.2 Å². The Labute approximate surface area is 126 Å². The highest BCUT2D eigenvalue weighted by atomic mass is 16.5. The van der Waals surface area contributed by atoms with Gasteiger partial charge in [0.2, 0.25) is 0 Å². The summed E-state index contributed by atoms with van der Waals surface area (Å²) in [4.78, 5) is 23.9. The van der Waals surface area contributed by atoms with Crippen LogP contribution in [0.2, 0.25) is 0 Å². The lowest BCUT2D eigenvalue weighted by atomic mass is 10.0. The van der Waals surface area contributed by atoms with Crippen LogP contribution in [-0.2, 0) is 9.59 Å². The van der Waals surface area contributed by atoms with E-state index < -0.39 is 5.97 Å². The molecule has 1 aliphatic rings. The van der Waals surface area contributed by atoms with Gasteiger partial charge in [0.25, 0.3) is 5.91 Å². The number of hydrogen-bond acceptors (Lipinski definition) is 5. The Morgan fingerprint density at radius 2 is 2.18 bits per heavy atom. The Bertz CT molecular complexity index is 746. The van der Waals surface area contributed by atoms with Gasteiger partial charge < -0.3 is 14.4 Å². The molecule has 0 bridgehead atoms. The van der Waals surface area contributed by atoms with Crippen molar-refractivity contribution in [3.8, 4) is 16.9 Å². The summed E-state index contributed by atoms with van der Waals surface area (Å²) in [6.07, 6.45) is 0. The van der Waals surface area contributed by atoms with E-state index >= 15 is 0 Å². The van der Waals surface area contributed by atoms with Crippen LogP contribution in [0.5, 0.6) is 5.75 Å². The third-order valence-electron chi connectivity index (χ3n) is 3.52. The number of rotatable bonds is 3. The summed E-state index contributed by atoms with van der Waals surface area (Å²) in [6, 6.07) is 5.24. The Morgan fingerprint density at radius 1 is 1.41 bits per heavy atom. The summed E-state index contributed by atoms with van der Waals surface area (Å²) < 4.78 is 10.6. The number of aromatic nitrogens is 1. The maximum absolute atomic E-state index is 11.8. The van der Waals surface area contributed by atoms with Crippen LogP contribution in [0.25, 0.3) is 11.1 Å². The number of carbonyl (C=O) groups excluding carboxylic acids is 1. The normalized spacial score (nSPS) is 13.7. The number of ether oxygens (including phenoxy) is 1. The molecule has 3 rings (SSSR count). The number of aliphatic carboxylic acids is 1. The molecule has 2 heterocycles. The highest BCUT2D eigenvalue weighted by Gasteiger charge is 2.28. The van der Waals surface area contributed by atoms with Gasteiger partial charge in [-0.25, -0.2) is 0 Å². The van der Waals surface area contributed by atoms with Crippen LogP contribution >= 0.6 is 0 Å². The van der Waals surface area contributed by atoms with E-state index in [9.17, 15) is 9.59 Å². The first kappa shape index (κ1) is 14.1. The fraction of sp³-hybridized carbons (Fsp3) is 0.267. The minimum Gasteiger partial charge on any atom is -0.482 e. The first-order valence-electron chi connectivity index (χ1n) is 6.69. The molecule has 0 saturated carbocycles. The third kappa shape index (κ3) is 2.30. The van der Waals surface area contributed by atoms with Crippen molar-refractivity contribution in [3.63, 3.8) is 0 Å². The molecule has 0 radical (unpaired) electrons. The Balaban J connectivity index is 2.04. The fourth-order valence-electron chi connectivity index (χ4n) is 2.56. The molecule has 1 aliphatic heterocycles. The number of nitrogens with zero attached hydrogens (tertiary/aromatic N) is 2. The number of hydrogen-bond donors (Lipinski definition) is 1. The maximum atomic E-state index is 11.8. The van der Waals surface area contributed by atoms with Gasteiger partial charge in [-0.15, -0.1) is 0 Å². The van der Waals surface area contributed by atoms with Gasteiger partial charge in [0, 0.05) is 5.56 Å². The fourth-order valence-corrected chi connectivity index (χ4v) is 2.56. The minimum absolute atomic E-state index is 0.175. The molecule has 0 fully saturated rings. The molecular formula is C15H14N2O5. The van der Waals surface area contributed by atoms with Crippen molar-refractivity contribution in [1.29, 1.82) is 0 Å². The van der Waals surface area contributed by atoms with Gasteiger partial charge >= 0.3 is 5.97 Å². The number of benzene rings is 1. The van der Waals surface area contributed by atoms with E-state index in [2.05, 4.69) is 5.16 Å². The number of carboxylic acid groups (broad SMARTS) is 1. The van der Waals surface area contributed by atoms with E-state index in [4.69, 9.17) is 14.4 Å². The van der Waals surface area contributed by atoms with Gasteiger partial charge in [0.05, 0.1) is 11.4 Å². The zero-order chi connectivity index (χ0) is 15.9. The second kappa shape index (κ2) is 5.18. The number of fused-ring (bicyclic) bond motifs is 1. The lowest BCUT2D eigenvalue weighted by Gasteiger charge is -2.28. The molecule has 22 heavy (non-hydrogen) atoms. The smallest absolute Gasteiger partial charge is 0.323 e. The van der Waals surface area contributed by atoms with Gasteiger partial charge in [-0.1, -0.05) is 11.2 Å². The topological polar surface area (TPSA) is 92.9 Å². The maximum Gasteiger partial charge on any atom is 0.323 e. The van der Waals surface area contributed by atoms with Gasteiger partial charge in [0.1, 0.15) is 18.1 Å². The first-order chi connectivity index (χ1) is 10.5. The van der Waals surface area contributed by atoms with Crippen LogP contribution in [0.3, 0.4) is 0 Å². The van der Waals surface area contributed by atoms with Gasteiger partial charge in [-0.2, -0.15) is 0 Å². The molecule has 0 saturated heterocycles. The Hall–Kier alpha value is -2.83. The molecule has 7 nitrogen and oxygen atoms in total. The molecule has 0 spiro atoms. The predicted octanol–water partition coefficient (Wildman–Crippen LogP) is 1.77. The van der Waals surface area contributed by atoms with Crippen molar-refractivity contribution >= 4 is 17.6 Å². The van der Waals surface area contributed by atoms with Crippen LogP contribution in [0.1, 0.15) is 11.5 Å². The van der Waals surface area contributed by atoms with E-state index in [1.807, 2.05) is 13.8 Å². The molecule has 1 aromatic heterocycles. The molecule has 2 aromatic rings. The second-order valence-electron chi connectivity index (χ2n) is 5.04. The average Bonchev–Trinajstić information content (AvgIpc) is 2.80. The number of carbonyl (C=O) groups is 2. The van der Waals surface area contributed by atoms with Crippen LogP contribution in [0.4, 0.5) is 5.69 Å². The molecule has 1 aromatic carbocycles. The molecular weight excluding hydrogens is 288 g/mol. The van der Waals surface area contributed by atoms with E-state index in [0.29, 0.717) is 17.2 Å². The first-order valence-corrected chi connectivity index (χ1v) is 6.69. The van der Waals surface area contributed by atoms with Crippen LogP contribution in [0, 0.1) is 13.8 Å². The molecule has 1 N–H and O–H groups in total. The number of aryl methyl sites for hydroxylation is 2. The zero-order valence-corrected chi connectivity index (χ0v) is 12.1. The van der Waals surface area contributed by atoms with Crippen molar-refractivity contribution in [2.24, 2.45) is 0 Å². The third-order valence-corrected chi connectivity index (χ3v) is 3.52. The Morgan fingerprint density at radius 3 is 2.82 bits per heavy atom. The largest absolute Gasteiger partial charge is 0.482 e. The molecule has 0 atom stereocenters. The number of carboxylic acids is 1. The van der Waals surface area contributed by atoms with E-state index in [1.165, 1.54) is 4.90 Å². The summed E-state index contributed by atoms with van der Waals surface area (Å²) in [5.74, 6) is -0.291. The standard InChI is InChI=1S/C15H14N2O5/c1-8-15(9(2)22-16-8)10-3-4-11-12(5-10)21-7-13(18)17(11)6-14(19)20/h3-5H,6-7H2,1-2H3,(H,19,20). The lowest BCUT2D eigenvalue weighted by molar-refractivity contribution is -0.137. The summed E-state index contributed by atoms with van der Waals surface area (Å²) in [6.45, 7) is 3.09. The van der Waals surface area contributed by atoms with Gasteiger partial charge in [0.15, 0.2) is 6.61 Å². The summed E-state index contributed by atoms with van der Waals surface area (Å²) in [5.41, 5.74) is 2.92. The van der Waals surface area contributed by atoms with Crippen LogP contribution in [0.15, 0.2) is 22.7 Å². The van der Waals surface area contributed by atoms with E-state index in [-0.39, 0.29) is 19.1 Å². The molecule has 1 amide bonds. The predicted molar refractivity (Wildman–Crippen MR) is 76.9 cm³/mol. The second-order valence-corrected chi connectivity index (χ2v) is 5.04. The van der Waals surface area contributed by atoms with Crippen molar-refractivity contribution in [3.05, 3.63) is 29.7 Å². The van der Waals surface area contributed by atoms with Crippen molar-refractivity contribution in [2.75, 3.05) is 18.1 Å². The molecule has 0 unspecified atom stereocenters. The van der Waals surface area contributed by atoms with Crippen molar-refractivity contribution in [1.82, 2.24) is 5.16 Å². The lowest BCUT2D eigenvalue weighted by Crippen LogP contribution is -2.41.